The first-order valence-electron chi connectivity index (χ1n) is 12.3. The molecule has 6 rings (SSSR count). The van der Waals surface area contributed by atoms with Gasteiger partial charge in [0.2, 0.25) is 0 Å². The zero-order chi connectivity index (χ0) is 25.0. The number of hydrogen-bond acceptors (Lipinski definition) is 5. The minimum absolute atomic E-state index is 0.117. The van der Waals surface area contributed by atoms with Crippen LogP contribution in [0.3, 0.4) is 0 Å². The standard InChI is InChI=1S/C26H28N6O4/c1-30-20-7-6-17(25(34)31-10-8-22(33)19(14-31)29-26(35)36)11-18(20)28-24(30)21-12-16-3-2-9-27-23(16)32(21)13-15-4-5-15/h2-3,6-7,9,11-12,15,19,22,29,33H,4-5,8,10,13-14H2,1H3,(H,35,36)/t19-,22-/m1/s1. The Kier molecular flexibility index (Phi) is 5.40. The lowest BCUT2D eigenvalue weighted by atomic mass is 10.0. The summed E-state index contributed by atoms with van der Waals surface area (Å²) in [6.45, 7) is 1.39. The van der Waals surface area contributed by atoms with Crippen molar-refractivity contribution >= 4 is 34.1 Å². The molecule has 3 aromatic heterocycles. The molecule has 2 aliphatic rings. The van der Waals surface area contributed by atoms with Crippen molar-refractivity contribution in [2.75, 3.05) is 13.1 Å². The third-order valence-corrected chi connectivity index (χ3v) is 7.32. The van der Waals surface area contributed by atoms with Gasteiger partial charge in [0.25, 0.3) is 5.91 Å². The lowest BCUT2D eigenvalue weighted by Crippen LogP contribution is -2.56. The molecule has 1 saturated heterocycles. The van der Waals surface area contributed by atoms with Crippen LogP contribution in [0.4, 0.5) is 4.79 Å². The van der Waals surface area contributed by atoms with Crippen LogP contribution in [-0.4, -0.2) is 71.5 Å². The fraction of sp³-hybridized carbons (Fsp3) is 0.385. The number of carbonyl (C=O) groups excluding carboxylic acids is 1. The number of fused-ring (bicyclic) bond motifs is 2. The van der Waals surface area contributed by atoms with E-state index in [1.165, 1.54) is 12.8 Å². The number of piperidine rings is 1. The van der Waals surface area contributed by atoms with Crippen LogP contribution in [-0.2, 0) is 13.6 Å². The second-order valence-electron chi connectivity index (χ2n) is 9.86. The number of aliphatic hydroxyl groups is 1. The number of aliphatic hydroxyl groups excluding tert-OH is 1. The smallest absolute Gasteiger partial charge is 0.405 e. The third kappa shape index (κ3) is 3.97. The Morgan fingerprint density at radius 2 is 2.00 bits per heavy atom. The number of amides is 2. The van der Waals surface area contributed by atoms with Gasteiger partial charge in [-0.15, -0.1) is 0 Å². The number of likely N-dealkylation sites (tertiary alicyclic amines) is 1. The Balaban J connectivity index is 1.34. The molecular weight excluding hydrogens is 460 g/mol. The minimum Gasteiger partial charge on any atom is -0.465 e. The van der Waals surface area contributed by atoms with E-state index in [4.69, 9.17) is 10.1 Å². The van der Waals surface area contributed by atoms with Gasteiger partial charge in [-0.2, -0.15) is 0 Å². The SMILES string of the molecule is Cn1c(-c2cc3cccnc3n2CC2CC2)nc2cc(C(=O)N3CC[C@@H](O)[C@H](NC(=O)O)C3)ccc21. The lowest BCUT2D eigenvalue weighted by Gasteiger charge is -2.36. The van der Waals surface area contributed by atoms with Crippen molar-refractivity contribution < 1.29 is 19.8 Å². The summed E-state index contributed by atoms with van der Waals surface area (Å²) in [5.74, 6) is 1.28. The van der Waals surface area contributed by atoms with Crippen molar-refractivity contribution in [1.82, 2.24) is 29.3 Å². The number of imidazole rings is 1. The van der Waals surface area contributed by atoms with Crippen molar-refractivity contribution in [2.45, 2.75) is 38.0 Å². The van der Waals surface area contributed by atoms with Crippen LogP contribution in [0.15, 0.2) is 42.6 Å². The number of carboxylic acid groups (broad SMARTS) is 1. The van der Waals surface area contributed by atoms with Crippen molar-refractivity contribution in [2.24, 2.45) is 13.0 Å². The molecule has 186 valence electrons. The van der Waals surface area contributed by atoms with E-state index in [1.807, 2.05) is 29.9 Å². The molecule has 36 heavy (non-hydrogen) atoms. The fourth-order valence-corrected chi connectivity index (χ4v) is 5.18. The highest BCUT2D eigenvalue weighted by atomic mass is 16.4. The maximum absolute atomic E-state index is 13.3. The maximum Gasteiger partial charge on any atom is 0.405 e. The quantitative estimate of drug-likeness (QED) is 0.397. The molecule has 0 spiro atoms. The predicted octanol–water partition coefficient (Wildman–Crippen LogP) is 2.84. The molecule has 10 heteroatoms. The summed E-state index contributed by atoms with van der Waals surface area (Å²) in [7, 11) is 1.98. The first-order chi connectivity index (χ1) is 17.4. The first-order valence-corrected chi connectivity index (χ1v) is 12.3. The molecule has 0 radical (unpaired) electrons. The number of hydrogen-bond donors (Lipinski definition) is 3. The van der Waals surface area contributed by atoms with E-state index in [0.717, 1.165) is 34.6 Å². The van der Waals surface area contributed by atoms with E-state index in [0.29, 0.717) is 30.0 Å². The van der Waals surface area contributed by atoms with Gasteiger partial charge in [-0.3, -0.25) is 4.79 Å². The molecule has 2 atom stereocenters. The molecule has 1 aliphatic carbocycles. The molecule has 10 nitrogen and oxygen atoms in total. The van der Waals surface area contributed by atoms with Gasteiger partial charge in [0, 0.05) is 43.8 Å². The summed E-state index contributed by atoms with van der Waals surface area (Å²) in [5, 5.41) is 22.5. The van der Waals surface area contributed by atoms with Gasteiger partial charge in [-0.05, 0) is 61.6 Å². The van der Waals surface area contributed by atoms with E-state index >= 15 is 0 Å². The predicted molar refractivity (Wildman–Crippen MR) is 134 cm³/mol. The number of rotatable bonds is 5. The summed E-state index contributed by atoms with van der Waals surface area (Å²) in [6, 6.07) is 10.9. The molecule has 1 saturated carbocycles. The van der Waals surface area contributed by atoms with Crippen LogP contribution < -0.4 is 5.32 Å². The third-order valence-electron chi connectivity index (χ3n) is 7.32. The van der Waals surface area contributed by atoms with E-state index in [-0.39, 0.29) is 12.5 Å². The summed E-state index contributed by atoms with van der Waals surface area (Å²) < 4.78 is 4.31. The monoisotopic (exact) mass is 488 g/mol. The van der Waals surface area contributed by atoms with Gasteiger partial charge in [-0.1, -0.05) is 0 Å². The number of aromatic nitrogens is 4. The lowest BCUT2D eigenvalue weighted by molar-refractivity contribution is 0.0378. The molecule has 1 aromatic carbocycles. The molecule has 4 aromatic rings. The van der Waals surface area contributed by atoms with E-state index in [2.05, 4.69) is 27.0 Å². The average molecular weight is 489 g/mol. The molecule has 0 unspecified atom stereocenters. The maximum atomic E-state index is 13.3. The summed E-state index contributed by atoms with van der Waals surface area (Å²) in [6.07, 6.45) is 2.56. The summed E-state index contributed by atoms with van der Waals surface area (Å²) in [4.78, 5) is 35.5. The highest BCUT2D eigenvalue weighted by Crippen LogP contribution is 2.36. The topological polar surface area (TPSA) is 126 Å². The normalized spacial score (nSPS) is 20.2. The largest absolute Gasteiger partial charge is 0.465 e. The van der Waals surface area contributed by atoms with Gasteiger partial charge in [-0.25, -0.2) is 14.8 Å². The second-order valence-corrected chi connectivity index (χ2v) is 9.86. The molecule has 4 heterocycles. The number of carbonyl (C=O) groups is 2. The summed E-state index contributed by atoms with van der Waals surface area (Å²) in [5.41, 5.74) is 4.08. The van der Waals surface area contributed by atoms with Gasteiger partial charge >= 0.3 is 6.09 Å². The number of aryl methyl sites for hydroxylation is 1. The number of nitrogens with zero attached hydrogens (tertiary/aromatic N) is 5. The molecule has 1 aliphatic heterocycles. The highest BCUT2D eigenvalue weighted by molar-refractivity contribution is 5.98. The van der Waals surface area contributed by atoms with Crippen LogP contribution in [0.25, 0.3) is 33.6 Å². The van der Waals surface area contributed by atoms with E-state index in [1.54, 1.807) is 17.0 Å². The number of pyridine rings is 1. The molecule has 2 fully saturated rings. The minimum atomic E-state index is -1.22. The summed E-state index contributed by atoms with van der Waals surface area (Å²) >= 11 is 0. The Bertz CT molecular complexity index is 1490. The molecular formula is C26H28N6O4. The number of nitrogens with one attached hydrogen (secondary N) is 1. The number of benzene rings is 1. The zero-order valence-electron chi connectivity index (χ0n) is 20.0. The van der Waals surface area contributed by atoms with Crippen LogP contribution in [0.1, 0.15) is 29.6 Å². The Morgan fingerprint density at radius 3 is 2.78 bits per heavy atom. The van der Waals surface area contributed by atoms with E-state index in [9.17, 15) is 14.7 Å². The first kappa shape index (κ1) is 22.5. The average Bonchev–Trinajstić information content (AvgIpc) is 3.54. The molecule has 2 amide bonds. The fourth-order valence-electron chi connectivity index (χ4n) is 5.18. The van der Waals surface area contributed by atoms with E-state index < -0.39 is 18.2 Å². The van der Waals surface area contributed by atoms with Crippen molar-refractivity contribution in [1.29, 1.82) is 0 Å². The Labute approximate surface area is 207 Å². The van der Waals surface area contributed by atoms with Crippen molar-refractivity contribution in [3.05, 3.63) is 48.2 Å². The Hall–Kier alpha value is -3.92. The Morgan fingerprint density at radius 1 is 1.17 bits per heavy atom. The van der Waals surface area contributed by atoms with Gasteiger partial charge in [0.05, 0.1) is 28.9 Å². The highest BCUT2D eigenvalue weighted by Gasteiger charge is 2.32. The second kappa shape index (κ2) is 8.63. The van der Waals surface area contributed by atoms with Gasteiger partial charge < -0.3 is 29.6 Å². The zero-order valence-corrected chi connectivity index (χ0v) is 20.0. The van der Waals surface area contributed by atoms with Crippen LogP contribution in [0.2, 0.25) is 0 Å². The molecule has 0 bridgehead atoms. The van der Waals surface area contributed by atoms with Gasteiger partial charge in [0.1, 0.15) is 5.65 Å². The van der Waals surface area contributed by atoms with Crippen LogP contribution in [0.5, 0.6) is 0 Å². The van der Waals surface area contributed by atoms with Crippen molar-refractivity contribution in [3.8, 4) is 11.5 Å². The molecule has 3 N–H and O–H groups in total. The van der Waals surface area contributed by atoms with Crippen LogP contribution >= 0.6 is 0 Å². The van der Waals surface area contributed by atoms with Crippen molar-refractivity contribution in [3.63, 3.8) is 0 Å². The van der Waals surface area contributed by atoms with Gasteiger partial charge in [0.15, 0.2) is 5.82 Å². The van der Waals surface area contributed by atoms with Crippen LogP contribution in [0, 0.1) is 5.92 Å².